The third-order valence-corrected chi connectivity index (χ3v) is 14.8. The fourth-order valence-electron chi connectivity index (χ4n) is 11.7. The predicted molar refractivity (Wildman–Crippen MR) is 344 cm³/mol. The fraction of sp³-hybridized carbons (Fsp3) is 0.529. The molecule has 88 heavy (non-hydrogen) atoms. The first-order valence-electron chi connectivity index (χ1n) is 31.7. The van der Waals surface area contributed by atoms with Gasteiger partial charge in [-0.25, -0.2) is 18.7 Å². The molecule has 20 heteroatoms. The molecule has 0 atom stereocenters. The van der Waals surface area contributed by atoms with Crippen LogP contribution >= 0.6 is 0 Å². The number of hydrogen-bond acceptors (Lipinski definition) is 12. The Hall–Kier alpha value is -7.52. The summed E-state index contributed by atoms with van der Waals surface area (Å²) in [7, 11) is 26.1. The lowest BCUT2D eigenvalue weighted by atomic mass is 9.88. The van der Waals surface area contributed by atoms with E-state index in [2.05, 4.69) is 206 Å². The smallest absolute Gasteiger partial charge is 0.137 e. The maximum Gasteiger partial charge on any atom is 0.137 e. The monoisotopic (exact) mass is 1200 g/mol. The number of ether oxygens (including phenoxy) is 4. The van der Waals surface area contributed by atoms with Gasteiger partial charge in [-0.3, -0.25) is 0 Å². The molecule has 0 N–H and O–H groups in total. The second-order valence-electron chi connectivity index (χ2n) is 28.5. The standard InChI is InChI=1S/C68H100N16O4/c1-17-21-85-65-53-25-49(37-77-41-61(69-73-77)45-81(5,6)7)26-54(65)34-56-28-51(39-79-43-63(71-75-79)47-83(11,12)13)30-58(67(56)87-23-19-3)36-60-32-52(40-80-44-64(72-76-80)48-84(14,15)16)31-59(68(60)88-24-20-4)35-57-29-50(27-55(33-53)66(57)86-22-18-2)38-78-42-62(70-74-78)46-82(8,9)10/h25-32,41-44H,17-24,33-40,45-48H2,1-16H3/q+4. The number of fused-ring (bicyclic) bond motifs is 8. The molecule has 8 aromatic rings. The van der Waals surface area contributed by atoms with Crippen LogP contribution in [-0.4, -0.2) is 189 Å². The number of benzene rings is 4. The van der Waals surface area contributed by atoms with Crippen LogP contribution in [0, 0.1) is 0 Å². The first-order valence-corrected chi connectivity index (χ1v) is 31.7. The van der Waals surface area contributed by atoms with E-state index in [4.69, 9.17) is 39.8 Å². The van der Waals surface area contributed by atoms with Crippen molar-refractivity contribution in [2.45, 2.75) is 131 Å². The number of aromatic nitrogens is 12. The minimum absolute atomic E-state index is 0.514. The highest BCUT2D eigenvalue weighted by Crippen LogP contribution is 2.42. The van der Waals surface area contributed by atoms with E-state index in [9.17, 15) is 0 Å². The lowest BCUT2D eigenvalue weighted by molar-refractivity contribution is -0.884. The van der Waals surface area contributed by atoms with Gasteiger partial charge in [0.2, 0.25) is 0 Å². The van der Waals surface area contributed by atoms with Crippen molar-refractivity contribution in [1.82, 2.24) is 60.0 Å². The van der Waals surface area contributed by atoms with Gasteiger partial charge in [-0.2, -0.15) is 0 Å². The van der Waals surface area contributed by atoms with Crippen molar-refractivity contribution >= 4 is 0 Å². The van der Waals surface area contributed by atoms with Crippen LogP contribution in [0.3, 0.4) is 0 Å². The second kappa shape index (κ2) is 27.9. The molecule has 9 rings (SSSR count). The highest BCUT2D eigenvalue weighted by atomic mass is 16.5. The van der Waals surface area contributed by atoms with Crippen LogP contribution in [-0.2, 0) is 78.0 Å². The van der Waals surface area contributed by atoms with Gasteiger partial charge in [-0.15, -0.1) is 20.4 Å². The molecular formula is C68H100N16O4+4. The van der Waals surface area contributed by atoms with Crippen LogP contribution in [0.5, 0.6) is 23.0 Å². The maximum absolute atomic E-state index is 7.13. The van der Waals surface area contributed by atoms with Crippen molar-refractivity contribution < 1.29 is 36.9 Å². The van der Waals surface area contributed by atoms with Crippen LogP contribution in [0.2, 0.25) is 0 Å². The number of hydrogen-bond donors (Lipinski definition) is 0. The minimum atomic E-state index is 0.514. The molecule has 1 aliphatic carbocycles. The Labute approximate surface area is 522 Å². The zero-order valence-electron chi connectivity index (χ0n) is 55.9. The van der Waals surface area contributed by atoms with Gasteiger partial charge in [-0.1, -0.05) is 48.5 Å². The summed E-state index contributed by atoms with van der Waals surface area (Å²) in [5.74, 6) is 3.48. The molecule has 20 nitrogen and oxygen atoms in total. The molecule has 8 bridgehead atoms. The molecule has 4 aromatic heterocycles. The van der Waals surface area contributed by atoms with Gasteiger partial charge in [0.1, 0.15) is 72.0 Å². The van der Waals surface area contributed by atoms with Crippen LogP contribution in [0.25, 0.3) is 0 Å². The van der Waals surface area contributed by atoms with E-state index in [1.807, 2.05) is 18.7 Å². The predicted octanol–water partition coefficient (Wildman–Crippen LogP) is 8.90. The van der Waals surface area contributed by atoms with E-state index in [1.54, 1.807) is 0 Å². The zero-order valence-corrected chi connectivity index (χ0v) is 55.9. The molecule has 0 spiro atoms. The van der Waals surface area contributed by atoms with Crippen molar-refractivity contribution in [3.05, 3.63) is 163 Å². The van der Waals surface area contributed by atoms with Gasteiger partial charge in [-0.05, 0) is 141 Å². The quantitative estimate of drug-likeness (QED) is 0.0430. The molecule has 0 radical (unpaired) electrons. The Balaban J connectivity index is 1.32. The molecule has 1 aliphatic rings. The first-order chi connectivity index (χ1) is 41.8. The Morgan fingerprint density at radius 2 is 0.489 bits per heavy atom. The van der Waals surface area contributed by atoms with Crippen LogP contribution in [0.15, 0.2) is 73.3 Å². The first kappa shape index (κ1) is 64.9. The molecule has 0 saturated heterocycles. The summed E-state index contributed by atoms with van der Waals surface area (Å²) in [5.41, 5.74) is 16.6. The Morgan fingerprint density at radius 1 is 0.307 bits per heavy atom. The minimum Gasteiger partial charge on any atom is -0.493 e. The van der Waals surface area contributed by atoms with Gasteiger partial charge in [0.05, 0.1) is 162 Å². The van der Waals surface area contributed by atoms with E-state index in [-0.39, 0.29) is 0 Å². The van der Waals surface area contributed by atoms with E-state index in [0.717, 1.165) is 182 Å². The average molecular weight is 1210 g/mol. The van der Waals surface area contributed by atoms with E-state index >= 15 is 0 Å². The molecule has 0 saturated carbocycles. The van der Waals surface area contributed by atoms with Crippen molar-refractivity contribution in [1.29, 1.82) is 0 Å². The van der Waals surface area contributed by atoms with Gasteiger partial charge in [0.25, 0.3) is 0 Å². The summed E-state index contributed by atoms with van der Waals surface area (Å²) in [5, 5.41) is 37.5. The molecule has 0 fully saturated rings. The average Bonchev–Trinajstić information content (AvgIpc) is 1.37. The highest BCUT2D eigenvalue weighted by Gasteiger charge is 2.27. The molecule has 0 aliphatic heterocycles. The summed E-state index contributed by atoms with van der Waals surface area (Å²) in [6.45, 7) is 15.9. The van der Waals surface area contributed by atoms with Crippen LogP contribution < -0.4 is 18.9 Å². The fourth-order valence-corrected chi connectivity index (χ4v) is 11.7. The second-order valence-corrected chi connectivity index (χ2v) is 28.5. The lowest BCUT2D eigenvalue weighted by Crippen LogP contribution is -2.33. The van der Waals surface area contributed by atoms with Crippen LogP contribution in [0.4, 0.5) is 0 Å². The van der Waals surface area contributed by atoms with Gasteiger partial charge >= 0.3 is 0 Å². The van der Waals surface area contributed by atoms with E-state index in [1.165, 1.54) is 0 Å². The van der Waals surface area contributed by atoms with Gasteiger partial charge in [0, 0.05) is 25.7 Å². The van der Waals surface area contributed by atoms with Gasteiger partial charge < -0.3 is 36.9 Å². The summed E-state index contributed by atoms with van der Waals surface area (Å²) < 4.78 is 39.4. The third-order valence-electron chi connectivity index (χ3n) is 14.8. The highest BCUT2D eigenvalue weighted by molar-refractivity contribution is 5.59. The lowest BCUT2D eigenvalue weighted by Gasteiger charge is -2.25. The Morgan fingerprint density at radius 3 is 0.648 bits per heavy atom. The molecule has 0 unspecified atom stereocenters. The summed E-state index contributed by atoms with van der Waals surface area (Å²) in [4.78, 5) is 0. The van der Waals surface area contributed by atoms with Crippen molar-refractivity contribution in [2.75, 3.05) is 111 Å². The Kier molecular flexibility index (Phi) is 20.6. The summed E-state index contributed by atoms with van der Waals surface area (Å²) in [6, 6.07) is 18.6. The molecular weight excluding hydrogens is 1100 g/mol. The third kappa shape index (κ3) is 18.3. The topological polar surface area (TPSA) is 160 Å². The normalized spacial score (nSPS) is 13.1. The summed E-state index contributed by atoms with van der Waals surface area (Å²) >= 11 is 0. The molecule has 0 amide bonds. The zero-order chi connectivity index (χ0) is 63.0. The SMILES string of the molecule is CCCOc1c2cc(Cn3cc(C[N+](C)(C)C)nn3)cc1Cc1cc(Cn3cc(C[N+](C)(C)C)nn3)cc(c1OCCC)Cc1cc(Cn3cc(C[N+](C)(C)C)nn3)cc(c1OCCC)Cc1cc(Cn3cc(C[N+](C)(C)C)nn3)cc(c1OCCC)C2. The van der Waals surface area contributed by atoms with Crippen molar-refractivity contribution in [2.24, 2.45) is 0 Å². The molecule has 4 heterocycles. The van der Waals surface area contributed by atoms with E-state index < -0.39 is 0 Å². The molecule has 472 valence electrons. The van der Waals surface area contributed by atoms with Crippen LogP contribution in [0.1, 0.15) is 143 Å². The summed E-state index contributed by atoms with van der Waals surface area (Å²) in [6.07, 6.45) is 13.8. The number of quaternary nitrogens is 4. The largest absolute Gasteiger partial charge is 0.493 e. The van der Waals surface area contributed by atoms with Gasteiger partial charge in [0.15, 0.2) is 0 Å². The Bertz CT molecular complexity index is 3060. The van der Waals surface area contributed by atoms with Crippen molar-refractivity contribution in [3.63, 3.8) is 0 Å². The van der Waals surface area contributed by atoms with E-state index in [0.29, 0.717) is 78.3 Å². The molecule has 4 aromatic carbocycles. The maximum atomic E-state index is 7.13. The van der Waals surface area contributed by atoms with Crippen molar-refractivity contribution in [3.8, 4) is 23.0 Å². The number of rotatable bonds is 28. The number of nitrogens with zero attached hydrogens (tertiary/aromatic N) is 16.